The van der Waals surface area contributed by atoms with Gasteiger partial charge in [0.05, 0.1) is 18.1 Å². The number of carbonyl (C=O) groups is 1. The highest BCUT2D eigenvalue weighted by Crippen LogP contribution is 2.19. The van der Waals surface area contributed by atoms with Crippen LogP contribution in [0.5, 0.6) is 5.75 Å². The Morgan fingerprint density at radius 3 is 2.62 bits per heavy atom. The van der Waals surface area contributed by atoms with Crippen LogP contribution < -0.4 is 4.74 Å². The number of imidazole rings is 1. The Kier molecular flexibility index (Phi) is 5.84. The monoisotopic (exact) mass is 348 g/mol. The molecule has 2 aromatic carbocycles. The average Bonchev–Trinajstić information content (AvgIpc) is 3.04. The van der Waals surface area contributed by atoms with E-state index in [1.807, 2.05) is 24.3 Å². The molecule has 0 aliphatic heterocycles. The van der Waals surface area contributed by atoms with Gasteiger partial charge in [-0.1, -0.05) is 31.9 Å². The maximum atomic E-state index is 12.4. The lowest BCUT2D eigenvalue weighted by Crippen LogP contribution is -2.01. The zero-order valence-electron chi connectivity index (χ0n) is 15.3. The third kappa shape index (κ3) is 4.02. The fourth-order valence-corrected chi connectivity index (χ4v) is 2.98. The Morgan fingerprint density at radius 2 is 1.88 bits per heavy atom. The number of hydrogen-bond acceptors (Lipinski definition) is 3. The lowest BCUT2D eigenvalue weighted by molar-refractivity contribution is 0.104. The van der Waals surface area contributed by atoms with E-state index in [0.717, 1.165) is 35.6 Å². The summed E-state index contributed by atoms with van der Waals surface area (Å²) in [5.41, 5.74) is 2.70. The van der Waals surface area contributed by atoms with Crippen molar-refractivity contribution in [2.24, 2.45) is 0 Å². The minimum atomic E-state index is -0.0418. The summed E-state index contributed by atoms with van der Waals surface area (Å²) in [6.07, 6.45) is 6.87. The van der Waals surface area contributed by atoms with Gasteiger partial charge in [0.1, 0.15) is 11.6 Å². The highest BCUT2D eigenvalue weighted by Gasteiger charge is 2.09. The maximum absolute atomic E-state index is 12.4. The van der Waals surface area contributed by atoms with Crippen molar-refractivity contribution < 1.29 is 9.53 Å². The molecule has 0 radical (unpaired) electrons. The molecule has 0 saturated heterocycles. The summed E-state index contributed by atoms with van der Waals surface area (Å²) in [6, 6.07) is 15.2. The standard InChI is InChI=1S/C22H24N2O2/c1-3-4-7-16-24-20-9-6-5-8-19(20)23-22(24)15-14-21(25)17-10-12-18(26-2)13-11-17/h5-6,8-15H,3-4,7,16H2,1-2H3/b15-14+. The molecule has 26 heavy (non-hydrogen) atoms. The summed E-state index contributed by atoms with van der Waals surface area (Å²) in [4.78, 5) is 17.1. The predicted octanol–water partition coefficient (Wildman–Crippen LogP) is 5.13. The fourth-order valence-electron chi connectivity index (χ4n) is 2.98. The molecular weight excluding hydrogens is 324 g/mol. The van der Waals surface area contributed by atoms with E-state index in [4.69, 9.17) is 4.74 Å². The van der Waals surface area contributed by atoms with Gasteiger partial charge in [-0.25, -0.2) is 4.98 Å². The van der Waals surface area contributed by atoms with Crippen molar-refractivity contribution in [2.45, 2.75) is 32.7 Å². The molecule has 0 atom stereocenters. The van der Waals surface area contributed by atoms with Gasteiger partial charge < -0.3 is 9.30 Å². The molecule has 4 heteroatoms. The van der Waals surface area contributed by atoms with Crippen molar-refractivity contribution in [2.75, 3.05) is 7.11 Å². The number of unbranched alkanes of at least 4 members (excludes halogenated alkanes) is 2. The van der Waals surface area contributed by atoms with Gasteiger partial charge in [-0.3, -0.25) is 4.79 Å². The molecule has 0 unspecified atom stereocenters. The van der Waals surface area contributed by atoms with Gasteiger partial charge in [0, 0.05) is 12.1 Å². The summed E-state index contributed by atoms with van der Waals surface area (Å²) in [7, 11) is 1.61. The van der Waals surface area contributed by atoms with Gasteiger partial charge in [0.2, 0.25) is 0 Å². The van der Waals surface area contributed by atoms with Gasteiger partial charge in [-0.2, -0.15) is 0 Å². The molecule has 3 rings (SSSR count). The zero-order valence-corrected chi connectivity index (χ0v) is 15.3. The van der Waals surface area contributed by atoms with Crippen LogP contribution in [-0.2, 0) is 6.54 Å². The Balaban J connectivity index is 1.85. The third-order valence-corrected chi connectivity index (χ3v) is 4.43. The molecule has 0 bridgehead atoms. The molecule has 3 aromatic rings. The fraction of sp³-hybridized carbons (Fsp3) is 0.273. The molecule has 0 amide bonds. The van der Waals surface area contributed by atoms with Crippen LogP contribution in [0.1, 0.15) is 42.4 Å². The van der Waals surface area contributed by atoms with E-state index < -0.39 is 0 Å². The third-order valence-electron chi connectivity index (χ3n) is 4.43. The van der Waals surface area contributed by atoms with E-state index in [9.17, 15) is 4.79 Å². The highest BCUT2D eigenvalue weighted by atomic mass is 16.5. The lowest BCUT2D eigenvalue weighted by Gasteiger charge is -2.06. The number of ketones is 1. The molecule has 0 fully saturated rings. The Hall–Kier alpha value is -2.88. The first-order valence-corrected chi connectivity index (χ1v) is 9.04. The van der Waals surface area contributed by atoms with Crippen LogP contribution in [0.2, 0.25) is 0 Å². The molecule has 1 heterocycles. The summed E-state index contributed by atoms with van der Waals surface area (Å²) in [5.74, 6) is 1.52. The first-order valence-electron chi connectivity index (χ1n) is 9.04. The lowest BCUT2D eigenvalue weighted by atomic mass is 10.1. The SMILES string of the molecule is CCCCCn1c(/C=C/C(=O)c2ccc(OC)cc2)nc2ccccc21. The van der Waals surface area contributed by atoms with Crippen LogP contribution in [0.3, 0.4) is 0 Å². The van der Waals surface area contributed by atoms with Crippen molar-refractivity contribution in [3.05, 3.63) is 66.0 Å². The number of methoxy groups -OCH3 is 1. The average molecular weight is 348 g/mol. The second-order valence-electron chi connectivity index (χ2n) is 6.24. The molecule has 134 valence electrons. The largest absolute Gasteiger partial charge is 0.497 e. The number of aromatic nitrogens is 2. The van der Waals surface area contributed by atoms with Crippen molar-refractivity contribution in [3.63, 3.8) is 0 Å². The van der Waals surface area contributed by atoms with Crippen LogP contribution in [0.4, 0.5) is 0 Å². The van der Waals surface area contributed by atoms with Crippen LogP contribution in [0.25, 0.3) is 17.1 Å². The normalized spacial score (nSPS) is 11.3. The number of hydrogen-bond donors (Lipinski definition) is 0. The smallest absolute Gasteiger partial charge is 0.185 e. The maximum Gasteiger partial charge on any atom is 0.185 e. The number of rotatable bonds is 8. The summed E-state index contributed by atoms with van der Waals surface area (Å²) < 4.78 is 7.33. The van der Waals surface area contributed by atoms with Gasteiger partial charge in [0.25, 0.3) is 0 Å². The van der Waals surface area contributed by atoms with Crippen molar-refractivity contribution >= 4 is 22.9 Å². The number of allylic oxidation sites excluding steroid dienone is 1. The van der Waals surface area contributed by atoms with Crippen LogP contribution in [-0.4, -0.2) is 22.4 Å². The highest BCUT2D eigenvalue weighted by molar-refractivity contribution is 6.06. The first kappa shape index (κ1) is 17.9. The molecule has 0 spiro atoms. The topological polar surface area (TPSA) is 44.1 Å². The van der Waals surface area contributed by atoms with Gasteiger partial charge in [-0.15, -0.1) is 0 Å². The number of para-hydroxylation sites is 2. The number of ether oxygens (including phenoxy) is 1. The Morgan fingerprint density at radius 1 is 1.12 bits per heavy atom. The molecular formula is C22H24N2O2. The first-order chi connectivity index (χ1) is 12.7. The molecule has 1 aromatic heterocycles. The Labute approximate surface area is 154 Å². The zero-order chi connectivity index (χ0) is 18.4. The second kappa shape index (κ2) is 8.48. The van der Waals surface area contributed by atoms with E-state index in [1.54, 1.807) is 37.5 Å². The number of benzene rings is 2. The van der Waals surface area contributed by atoms with Crippen molar-refractivity contribution in [3.8, 4) is 5.75 Å². The summed E-state index contributed by atoms with van der Waals surface area (Å²) >= 11 is 0. The number of nitrogens with zero attached hydrogens (tertiary/aromatic N) is 2. The number of aryl methyl sites for hydroxylation is 1. The molecule has 0 saturated carbocycles. The molecule has 4 nitrogen and oxygen atoms in total. The quantitative estimate of drug-likeness (QED) is 0.322. The van der Waals surface area contributed by atoms with E-state index in [1.165, 1.54) is 12.8 Å². The predicted molar refractivity (Wildman–Crippen MR) is 106 cm³/mol. The molecule has 0 aliphatic carbocycles. The second-order valence-corrected chi connectivity index (χ2v) is 6.24. The number of carbonyl (C=O) groups excluding carboxylic acids is 1. The minimum Gasteiger partial charge on any atom is -0.497 e. The van der Waals surface area contributed by atoms with Gasteiger partial charge in [-0.05, 0) is 55.0 Å². The van der Waals surface area contributed by atoms with E-state index in [2.05, 4.69) is 22.5 Å². The van der Waals surface area contributed by atoms with E-state index in [0.29, 0.717) is 5.56 Å². The summed E-state index contributed by atoms with van der Waals surface area (Å²) in [6.45, 7) is 3.10. The van der Waals surface area contributed by atoms with Crippen LogP contribution in [0.15, 0.2) is 54.6 Å². The van der Waals surface area contributed by atoms with Crippen LogP contribution >= 0.6 is 0 Å². The summed E-state index contributed by atoms with van der Waals surface area (Å²) in [5, 5.41) is 0. The van der Waals surface area contributed by atoms with Crippen molar-refractivity contribution in [1.82, 2.24) is 9.55 Å². The van der Waals surface area contributed by atoms with E-state index >= 15 is 0 Å². The Bertz CT molecular complexity index is 908. The van der Waals surface area contributed by atoms with Crippen LogP contribution in [0, 0.1) is 0 Å². The minimum absolute atomic E-state index is 0.0418. The van der Waals surface area contributed by atoms with E-state index in [-0.39, 0.29) is 5.78 Å². The number of fused-ring (bicyclic) bond motifs is 1. The molecule has 0 aliphatic rings. The van der Waals surface area contributed by atoms with Gasteiger partial charge >= 0.3 is 0 Å². The molecule has 0 N–H and O–H groups in total. The van der Waals surface area contributed by atoms with Gasteiger partial charge in [0.15, 0.2) is 5.78 Å². The van der Waals surface area contributed by atoms with Crippen molar-refractivity contribution in [1.29, 1.82) is 0 Å².